The Hall–Kier alpha value is -1.46. The second kappa shape index (κ2) is 8.58. The van der Waals surface area contributed by atoms with Gasteiger partial charge in [-0.2, -0.15) is 0 Å². The van der Waals surface area contributed by atoms with E-state index in [1.165, 1.54) is 0 Å². The molecule has 0 bridgehead atoms. The number of fused-ring (bicyclic) bond motifs is 1. The summed E-state index contributed by atoms with van der Waals surface area (Å²) in [6, 6.07) is 7.68. The normalized spacial score (nSPS) is 25.1. The van der Waals surface area contributed by atoms with Crippen molar-refractivity contribution in [1.82, 2.24) is 4.90 Å². The molecule has 1 aromatic rings. The fourth-order valence-corrected chi connectivity index (χ4v) is 3.60. The minimum Gasteiger partial charge on any atom is -0.494 e. The first-order chi connectivity index (χ1) is 11.2. The highest BCUT2D eigenvalue weighted by Gasteiger charge is 2.42. The Kier molecular flexibility index (Phi) is 6.75. The lowest BCUT2D eigenvalue weighted by atomic mass is 9.98. The van der Waals surface area contributed by atoms with Gasteiger partial charge in [-0.3, -0.25) is 4.79 Å². The molecule has 0 aromatic heterocycles. The summed E-state index contributed by atoms with van der Waals surface area (Å²) in [5.41, 5.74) is 6.12. The van der Waals surface area contributed by atoms with Crippen LogP contribution in [0.15, 0.2) is 24.3 Å². The third-order valence-corrected chi connectivity index (χ3v) is 4.92. The Bertz CT molecular complexity index is 538. The quantitative estimate of drug-likeness (QED) is 0.852. The molecule has 134 valence electrons. The van der Waals surface area contributed by atoms with E-state index in [4.69, 9.17) is 15.2 Å². The van der Waals surface area contributed by atoms with Crippen molar-refractivity contribution in [2.45, 2.75) is 32.2 Å². The predicted octanol–water partition coefficient (Wildman–Crippen LogP) is 2.47. The Morgan fingerprint density at radius 3 is 2.46 bits per heavy atom. The SMILES string of the molecule is CCCOc1ccc(OCC(=O)N2CC3CCC(N)C3C2)cc1.Cl. The number of carbonyl (C=O) groups excluding carboxylic acids is 1. The molecule has 0 radical (unpaired) electrons. The number of amides is 1. The maximum absolute atomic E-state index is 12.3. The molecule has 1 amide bonds. The molecule has 1 saturated carbocycles. The van der Waals surface area contributed by atoms with Gasteiger partial charge in [-0.25, -0.2) is 0 Å². The molecule has 24 heavy (non-hydrogen) atoms. The van der Waals surface area contributed by atoms with Gasteiger partial charge in [-0.05, 0) is 55.4 Å². The summed E-state index contributed by atoms with van der Waals surface area (Å²) in [6.45, 7) is 4.49. The monoisotopic (exact) mass is 354 g/mol. The van der Waals surface area contributed by atoms with Gasteiger partial charge in [-0.15, -0.1) is 12.4 Å². The number of likely N-dealkylation sites (tertiary alicyclic amines) is 1. The Labute approximate surface area is 149 Å². The van der Waals surface area contributed by atoms with Crippen LogP contribution in [0.5, 0.6) is 11.5 Å². The first-order valence-corrected chi connectivity index (χ1v) is 8.56. The van der Waals surface area contributed by atoms with Gasteiger partial charge in [0.25, 0.3) is 5.91 Å². The molecule has 2 N–H and O–H groups in total. The van der Waals surface area contributed by atoms with Crippen LogP contribution >= 0.6 is 12.4 Å². The number of nitrogens with zero attached hydrogens (tertiary/aromatic N) is 1. The minimum atomic E-state index is 0. The van der Waals surface area contributed by atoms with Crippen molar-refractivity contribution in [2.75, 3.05) is 26.3 Å². The van der Waals surface area contributed by atoms with E-state index in [0.717, 1.165) is 38.1 Å². The third-order valence-electron chi connectivity index (χ3n) is 4.92. The standard InChI is InChI=1S/C18H26N2O3.ClH/c1-2-9-22-14-4-6-15(7-5-14)23-12-18(21)20-10-13-3-8-17(19)16(13)11-20;/h4-7,13,16-17H,2-3,8-12,19H2,1H3;1H. The Morgan fingerprint density at radius 2 is 1.83 bits per heavy atom. The third kappa shape index (κ3) is 4.33. The van der Waals surface area contributed by atoms with Gasteiger partial charge in [0.1, 0.15) is 11.5 Å². The van der Waals surface area contributed by atoms with Crippen molar-refractivity contribution in [1.29, 1.82) is 0 Å². The van der Waals surface area contributed by atoms with E-state index in [9.17, 15) is 4.79 Å². The number of rotatable bonds is 6. The second-order valence-corrected chi connectivity index (χ2v) is 6.57. The van der Waals surface area contributed by atoms with Crippen LogP contribution in [0.3, 0.4) is 0 Å². The van der Waals surface area contributed by atoms with Crippen molar-refractivity contribution >= 4 is 18.3 Å². The average molecular weight is 355 g/mol. The number of ether oxygens (including phenoxy) is 2. The van der Waals surface area contributed by atoms with Crippen LogP contribution in [-0.4, -0.2) is 43.2 Å². The molecule has 1 saturated heterocycles. The Morgan fingerprint density at radius 1 is 1.17 bits per heavy atom. The summed E-state index contributed by atoms with van der Waals surface area (Å²) < 4.78 is 11.1. The number of benzene rings is 1. The van der Waals surface area contributed by atoms with Crippen molar-refractivity contribution in [3.05, 3.63) is 24.3 Å². The molecular formula is C18H27ClN2O3. The van der Waals surface area contributed by atoms with Crippen molar-refractivity contribution in [2.24, 2.45) is 17.6 Å². The van der Waals surface area contributed by atoms with Gasteiger partial charge < -0.3 is 20.1 Å². The van der Waals surface area contributed by atoms with E-state index in [-0.39, 0.29) is 31.0 Å². The van der Waals surface area contributed by atoms with Gasteiger partial charge >= 0.3 is 0 Å². The second-order valence-electron chi connectivity index (χ2n) is 6.57. The lowest BCUT2D eigenvalue weighted by molar-refractivity contribution is -0.132. The van der Waals surface area contributed by atoms with E-state index in [0.29, 0.717) is 24.2 Å². The zero-order chi connectivity index (χ0) is 16.2. The van der Waals surface area contributed by atoms with Crippen LogP contribution in [0.1, 0.15) is 26.2 Å². The van der Waals surface area contributed by atoms with Crippen molar-refractivity contribution in [3.63, 3.8) is 0 Å². The highest BCUT2D eigenvalue weighted by molar-refractivity contribution is 5.85. The number of halogens is 1. The summed E-state index contributed by atoms with van der Waals surface area (Å²) in [6.07, 6.45) is 3.23. The number of hydrogen-bond donors (Lipinski definition) is 1. The molecule has 5 nitrogen and oxygen atoms in total. The van der Waals surface area contributed by atoms with Gasteiger partial charge in [0.15, 0.2) is 6.61 Å². The summed E-state index contributed by atoms with van der Waals surface area (Å²) in [7, 11) is 0. The first-order valence-electron chi connectivity index (χ1n) is 8.56. The summed E-state index contributed by atoms with van der Waals surface area (Å²) in [5, 5.41) is 0. The summed E-state index contributed by atoms with van der Waals surface area (Å²) >= 11 is 0. The maximum atomic E-state index is 12.3. The van der Waals surface area contributed by atoms with E-state index in [1.54, 1.807) is 0 Å². The molecule has 0 spiro atoms. The number of nitrogens with two attached hydrogens (primary N) is 1. The van der Waals surface area contributed by atoms with Crippen molar-refractivity contribution in [3.8, 4) is 11.5 Å². The van der Waals surface area contributed by atoms with Crippen LogP contribution in [0, 0.1) is 11.8 Å². The predicted molar refractivity (Wildman–Crippen MR) is 95.7 cm³/mol. The van der Waals surface area contributed by atoms with Crippen LogP contribution in [-0.2, 0) is 4.79 Å². The van der Waals surface area contributed by atoms with Crippen LogP contribution in [0.2, 0.25) is 0 Å². The van der Waals surface area contributed by atoms with Gasteiger partial charge in [0, 0.05) is 19.1 Å². The molecule has 3 rings (SSSR count). The summed E-state index contributed by atoms with van der Waals surface area (Å²) in [4.78, 5) is 14.2. The maximum Gasteiger partial charge on any atom is 0.260 e. The lowest BCUT2D eigenvalue weighted by Crippen LogP contribution is -2.36. The largest absolute Gasteiger partial charge is 0.494 e. The Balaban J connectivity index is 0.00000208. The van der Waals surface area contributed by atoms with E-state index < -0.39 is 0 Å². The zero-order valence-corrected chi connectivity index (χ0v) is 15.0. The fourth-order valence-electron chi connectivity index (χ4n) is 3.60. The van der Waals surface area contributed by atoms with Crippen LogP contribution in [0.25, 0.3) is 0 Å². The fraction of sp³-hybridized carbons (Fsp3) is 0.611. The van der Waals surface area contributed by atoms with E-state index in [1.807, 2.05) is 29.2 Å². The molecule has 1 aliphatic heterocycles. The molecule has 1 aromatic carbocycles. The molecule has 6 heteroatoms. The number of carbonyl (C=O) groups is 1. The molecule has 3 atom stereocenters. The van der Waals surface area contributed by atoms with E-state index in [2.05, 4.69) is 6.92 Å². The minimum absolute atomic E-state index is 0. The van der Waals surface area contributed by atoms with Crippen LogP contribution in [0.4, 0.5) is 0 Å². The first kappa shape index (κ1) is 18.9. The van der Waals surface area contributed by atoms with Gasteiger partial charge in [-0.1, -0.05) is 6.92 Å². The lowest BCUT2D eigenvalue weighted by Gasteiger charge is -2.19. The van der Waals surface area contributed by atoms with Gasteiger partial charge in [0.2, 0.25) is 0 Å². The highest BCUT2D eigenvalue weighted by Crippen LogP contribution is 2.37. The van der Waals surface area contributed by atoms with Crippen LogP contribution < -0.4 is 15.2 Å². The topological polar surface area (TPSA) is 64.8 Å². The molecule has 3 unspecified atom stereocenters. The van der Waals surface area contributed by atoms with E-state index >= 15 is 0 Å². The molecule has 1 heterocycles. The van der Waals surface area contributed by atoms with Crippen molar-refractivity contribution < 1.29 is 14.3 Å². The summed E-state index contributed by atoms with van der Waals surface area (Å²) in [5.74, 6) is 2.64. The zero-order valence-electron chi connectivity index (χ0n) is 14.1. The molecular weight excluding hydrogens is 328 g/mol. The highest BCUT2D eigenvalue weighted by atomic mass is 35.5. The molecule has 2 aliphatic rings. The smallest absolute Gasteiger partial charge is 0.260 e. The molecule has 2 fully saturated rings. The number of hydrogen-bond acceptors (Lipinski definition) is 4. The molecule has 1 aliphatic carbocycles. The van der Waals surface area contributed by atoms with Gasteiger partial charge in [0.05, 0.1) is 6.61 Å². The average Bonchev–Trinajstić information content (AvgIpc) is 3.14.